The lowest BCUT2D eigenvalue weighted by atomic mass is 10.1. The first kappa shape index (κ1) is 23.5. The molecule has 174 valence electrons. The fraction of sp³-hybridized carbons (Fsp3) is 0.391. The standard InChI is InChI=1S/C23H22Cl2N2O6/c1-12-6-15(13(2)26(12)9-14-4-3-5-32-14)20(28)11-33-21(29)10-27-22(30)16-7-18(24)19(25)8-17(16)23(27)31/h6-8,14H,3-5,9-11H2,1-2H3. The summed E-state index contributed by atoms with van der Waals surface area (Å²) in [5, 5.41) is 0.257. The molecule has 1 atom stereocenters. The van der Waals surface area contributed by atoms with Gasteiger partial charge in [0.1, 0.15) is 6.54 Å². The lowest BCUT2D eigenvalue weighted by Crippen LogP contribution is -2.36. The van der Waals surface area contributed by atoms with Crippen molar-refractivity contribution in [3.05, 3.63) is 56.3 Å². The molecular formula is C23H22Cl2N2O6. The van der Waals surface area contributed by atoms with Crippen LogP contribution in [0.5, 0.6) is 0 Å². The van der Waals surface area contributed by atoms with Crippen LogP contribution in [0.1, 0.15) is 55.3 Å². The fourth-order valence-corrected chi connectivity index (χ4v) is 4.51. The Hall–Kier alpha value is -2.68. The van der Waals surface area contributed by atoms with Crippen molar-refractivity contribution < 1.29 is 28.7 Å². The van der Waals surface area contributed by atoms with Crippen molar-refractivity contribution >= 4 is 46.8 Å². The largest absolute Gasteiger partial charge is 0.456 e. The van der Waals surface area contributed by atoms with Crippen molar-refractivity contribution in [3.63, 3.8) is 0 Å². The molecule has 1 aromatic carbocycles. The van der Waals surface area contributed by atoms with Gasteiger partial charge in [-0.1, -0.05) is 23.2 Å². The molecule has 0 aliphatic carbocycles. The highest BCUT2D eigenvalue weighted by molar-refractivity contribution is 6.43. The first-order chi connectivity index (χ1) is 15.7. The SMILES string of the molecule is Cc1cc(C(=O)COC(=O)CN2C(=O)c3cc(Cl)c(Cl)cc3C2=O)c(C)n1CC1CCCO1. The van der Waals surface area contributed by atoms with Gasteiger partial charge in [0.05, 0.1) is 27.3 Å². The molecule has 4 rings (SSSR count). The molecule has 2 aromatic rings. The predicted molar refractivity (Wildman–Crippen MR) is 120 cm³/mol. The van der Waals surface area contributed by atoms with Crippen LogP contribution < -0.4 is 0 Å². The average molecular weight is 493 g/mol. The van der Waals surface area contributed by atoms with Crippen LogP contribution in [-0.2, 0) is 20.8 Å². The molecule has 1 fully saturated rings. The van der Waals surface area contributed by atoms with E-state index in [2.05, 4.69) is 0 Å². The second kappa shape index (κ2) is 9.29. The van der Waals surface area contributed by atoms with E-state index in [1.807, 2.05) is 18.4 Å². The number of rotatable bonds is 7. The number of carbonyl (C=O) groups is 4. The summed E-state index contributed by atoms with van der Waals surface area (Å²) in [7, 11) is 0. The molecule has 2 amide bonds. The Balaban J connectivity index is 1.37. The number of ether oxygens (including phenoxy) is 2. The van der Waals surface area contributed by atoms with Gasteiger partial charge < -0.3 is 14.0 Å². The monoisotopic (exact) mass is 492 g/mol. The van der Waals surface area contributed by atoms with Gasteiger partial charge in [-0.05, 0) is 44.9 Å². The molecule has 8 nitrogen and oxygen atoms in total. The number of hydrogen-bond donors (Lipinski definition) is 0. The summed E-state index contributed by atoms with van der Waals surface area (Å²) < 4.78 is 12.8. The first-order valence-corrected chi connectivity index (χ1v) is 11.3. The Kier molecular flexibility index (Phi) is 6.61. The van der Waals surface area contributed by atoms with E-state index in [0.29, 0.717) is 12.1 Å². The van der Waals surface area contributed by atoms with Gasteiger partial charge in [-0.2, -0.15) is 0 Å². The van der Waals surface area contributed by atoms with E-state index < -0.39 is 30.9 Å². The van der Waals surface area contributed by atoms with Crippen molar-refractivity contribution in [2.75, 3.05) is 19.8 Å². The molecule has 33 heavy (non-hydrogen) atoms. The van der Waals surface area contributed by atoms with Crippen LogP contribution in [0.15, 0.2) is 18.2 Å². The fourth-order valence-electron chi connectivity index (χ4n) is 4.18. The number of aromatic nitrogens is 1. The molecule has 1 unspecified atom stereocenters. The Labute approximate surface area is 200 Å². The zero-order valence-electron chi connectivity index (χ0n) is 18.2. The summed E-state index contributed by atoms with van der Waals surface area (Å²) in [5.74, 6) is -2.58. The zero-order chi connectivity index (χ0) is 23.9. The minimum atomic E-state index is -0.872. The predicted octanol–water partition coefficient (Wildman–Crippen LogP) is 3.61. The quantitative estimate of drug-likeness (QED) is 0.332. The molecule has 2 aliphatic heterocycles. The van der Waals surface area contributed by atoms with E-state index in [-0.39, 0.29) is 33.1 Å². The maximum Gasteiger partial charge on any atom is 0.326 e. The van der Waals surface area contributed by atoms with Gasteiger partial charge in [0, 0.05) is 30.1 Å². The first-order valence-electron chi connectivity index (χ1n) is 10.5. The van der Waals surface area contributed by atoms with Crippen molar-refractivity contribution in [2.45, 2.75) is 39.3 Å². The van der Waals surface area contributed by atoms with Crippen LogP contribution in [0.3, 0.4) is 0 Å². The van der Waals surface area contributed by atoms with E-state index in [4.69, 9.17) is 32.7 Å². The number of carbonyl (C=O) groups excluding carboxylic acids is 4. The van der Waals surface area contributed by atoms with Gasteiger partial charge in [0.25, 0.3) is 11.8 Å². The second-order valence-corrected chi connectivity index (χ2v) is 8.94. The summed E-state index contributed by atoms with van der Waals surface area (Å²) in [5.41, 5.74) is 2.29. The summed E-state index contributed by atoms with van der Waals surface area (Å²) in [6, 6.07) is 4.35. The number of hydrogen-bond acceptors (Lipinski definition) is 6. The van der Waals surface area contributed by atoms with Crippen LogP contribution in [0.2, 0.25) is 10.0 Å². The number of fused-ring (bicyclic) bond motifs is 1. The van der Waals surface area contributed by atoms with E-state index in [1.165, 1.54) is 12.1 Å². The molecule has 0 bridgehead atoms. The number of halogens is 2. The van der Waals surface area contributed by atoms with Crippen molar-refractivity contribution in [3.8, 4) is 0 Å². The van der Waals surface area contributed by atoms with Gasteiger partial charge in [-0.15, -0.1) is 0 Å². The second-order valence-electron chi connectivity index (χ2n) is 8.12. The number of Topliss-reactive ketones (excluding diaryl/α,β-unsaturated/α-hetero) is 1. The lowest BCUT2D eigenvalue weighted by molar-refractivity contribution is -0.142. The topological polar surface area (TPSA) is 94.9 Å². The Morgan fingerprint density at radius 2 is 1.73 bits per heavy atom. The molecule has 0 N–H and O–H groups in total. The van der Waals surface area contributed by atoms with Gasteiger partial charge >= 0.3 is 5.97 Å². The summed E-state index contributed by atoms with van der Waals surface area (Å²) in [4.78, 5) is 50.8. The maximum atomic E-state index is 12.7. The minimum Gasteiger partial charge on any atom is -0.456 e. The third kappa shape index (κ3) is 4.55. The third-order valence-corrected chi connectivity index (χ3v) is 6.67. The molecule has 0 radical (unpaired) electrons. The number of nitrogens with zero attached hydrogens (tertiary/aromatic N) is 2. The van der Waals surface area contributed by atoms with Gasteiger partial charge in [0.15, 0.2) is 6.61 Å². The van der Waals surface area contributed by atoms with Crippen LogP contribution in [0, 0.1) is 13.8 Å². The number of ketones is 1. The van der Waals surface area contributed by atoms with E-state index in [9.17, 15) is 19.2 Å². The number of aryl methyl sites for hydroxylation is 1. The Morgan fingerprint density at radius 1 is 1.09 bits per heavy atom. The number of esters is 1. The Morgan fingerprint density at radius 3 is 2.30 bits per heavy atom. The molecule has 1 aromatic heterocycles. The zero-order valence-corrected chi connectivity index (χ0v) is 19.7. The highest BCUT2D eigenvalue weighted by Gasteiger charge is 2.38. The van der Waals surface area contributed by atoms with Crippen molar-refractivity contribution in [1.82, 2.24) is 9.47 Å². The molecule has 0 saturated carbocycles. The summed E-state index contributed by atoms with van der Waals surface area (Å²) >= 11 is 11.8. The molecule has 2 aliphatic rings. The lowest BCUT2D eigenvalue weighted by Gasteiger charge is -2.15. The maximum absolute atomic E-state index is 12.7. The molecule has 3 heterocycles. The number of benzene rings is 1. The summed E-state index contributed by atoms with van der Waals surface area (Å²) in [6.07, 6.45) is 2.13. The van der Waals surface area contributed by atoms with E-state index >= 15 is 0 Å². The highest BCUT2D eigenvalue weighted by atomic mass is 35.5. The van der Waals surface area contributed by atoms with Crippen molar-refractivity contribution in [2.24, 2.45) is 0 Å². The smallest absolute Gasteiger partial charge is 0.326 e. The van der Waals surface area contributed by atoms with Gasteiger partial charge in [-0.25, -0.2) is 0 Å². The van der Waals surface area contributed by atoms with E-state index in [0.717, 1.165) is 35.7 Å². The van der Waals surface area contributed by atoms with Gasteiger partial charge in [0.2, 0.25) is 5.78 Å². The van der Waals surface area contributed by atoms with Gasteiger partial charge in [-0.3, -0.25) is 24.1 Å². The Bertz CT molecular complexity index is 1130. The normalized spacial score (nSPS) is 17.6. The number of amides is 2. The van der Waals surface area contributed by atoms with Crippen LogP contribution in [-0.4, -0.2) is 58.9 Å². The third-order valence-electron chi connectivity index (χ3n) is 5.95. The van der Waals surface area contributed by atoms with Crippen LogP contribution in [0.25, 0.3) is 0 Å². The molecule has 1 saturated heterocycles. The molecule has 10 heteroatoms. The molecular weight excluding hydrogens is 471 g/mol. The summed E-state index contributed by atoms with van der Waals surface area (Å²) in [6.45, 7) is 4.05. The van der Waals surface area contributed by atoms with Crippen LogP contribution in [0.4, 0.5) is 0 Å². The number of imide groups is 1. The minimum absolute atomic E-state index is 0.0666. The van der Waals surface area contributed by atoms with E-state index in [1.54, 1.807) is 6.07 Å². The van der Waals surface area contributed by atoms with Crippen LogP contribution >= 0.6 is 23.2 Å². The molecule has 0 spiro atoms. The highest BCUT2D eigenvalue weighted by Crippen LogP contribution is 2.31. The van der Waals surface area contributed by atoms with Crippen molar-refractivity contribution in [1.29, 1.82) is 0 Å². The average Bonchev–Trinajstić information content (AvgIpc) is 3.45.